The van der Waals surface area contributed by atoms with Crippen molar-refractivity contribution in [2.75, 3.05) is 23.6 Å². The van der Waals surface area contributed by atoms with Crippen molar-refractivity contribution in [1.82, 2.24) is 10.6 Å². The molecule has 1 saturated heterocycles. The van der Waals surface area contributed by atoms with Gasteiger partial charge in [-0.15, -0.1) is 12.4 Å². The molecule has 130 valence electrons. The predicted octanol–water partition coefficient (Wildman–Crippen LogP) is 1.74. The number of hydrogen-bond acceptors (Lipinski definition) is 4. The van der Waals surface area contributed by atoms with Crippen LogP contribution in [0.5, 0.6) is 0 Å². The Labute approximate surface area is 143 Å². The first-order valence-corrected chi connectivity index (χ1v) is 9.27. The van der Waals surface area contributed by atoms with E-state index >= 15 is 0 Å². The number of carbonyl (C=O) groups excluding carboxylic acids is 1. The van der Waals surface area contributed by atoms with Gasteiger partial charge in [-0.2, -0.15) is 0 Å². The minimum absolute atomic E-state index is 0. The number of anilines is 1. The fourth-order valence-corrected chi connectivity index (χ4v) is 3.58. The average Bonchev–Trinajstić information content (AvgIpc) is 2.48. The Morgan fingerprint density at radius 3 is 2.65 bits per heavy atom. The van der Waals surface area contributed by atoms with E-state index in [1.165, 1.54) is 0 Å². The molecule has 0 spiro atoms. The number of sulfonamides is 1. The molecule has 8 heteroatoms. The minimum atomic E-state index is -3.34. The van der Waals surface area contributed by atoms with Crippen molar-refractivity contribution in [3.05, 3.63) is 29.8 Å². The molecular weight excluding hydrogens is 338 g/mol. The Hall–Kier alpha value is -1.31. The number of benzene rings is 1. The normalized spacial score (nSPS) is 15.5. The van der Waals surface area contributed by atoms with Gasteiger partial charge in [-0.3, -0.25) is 9.52 Å². The Kier molecular flexibility index (Phi) is 7.81. The zero-order valence-electron chi connectivity index (χ0n) is 13.2. The maximum atomic E-state index is 12.2. The molecule has 0 bridgehead atoms. The summed E-state index contributed by atoms with van der Waals surface area (Å²) < 4.78 is 26.1. The van der Waals surface area contributed by atoms with E-state index in [2.05, 4.69) is 15.4 Å². The molecule has 1 heterocycles. The summed E-state index contributed by atoms with van der Waals surface area (Å²) in [5.41, 5.74) is 0.890. The van der Waals surface area contributed by atoms with Gasteiger partial charge < -0.3 is 10.6 Å². The zero-order chi connectivity index (χ0) is 16.0. The van der Waals surface area contributed by atoms with Crippen molar-refractivity contribution in [1.29, 1.82) is 0 Å². The molecule has 1 aliphatic heterocycles. The molecule has 1 aromatic rings. The molecule has 0 aliphatic carbocycles. The van der Waals surface area contributed by atoms with Crippen LogP contribution in [0, 0.1) is 0 Å². The Morgan fingerprint density at radius 1 is 1.30 bits per heavy atom. The molecule has 1 aliphatic rings. The van der Waals surface area contributed by atoms with Crippen molar-refractivity contribution in [2.45, 2.75) is 32.2 Å². The van der Waals surface area contributed by atoms with E-state index in [9.17, 15) is 13.2 Å². The van der Waals surface area contributed by atoms with Crippen LogP contribution in [0.4, 0.5) is 5.69 Å². The van der Waals surface area contributed by atoms with Crippen LogP contribution in [0.15, 0.2) is 24.3 Å². The molecule has 0 unspecified atom stereocenters. The maximum absolute atomic E-state index is 12.2. The van der Waals surface area contributed by atoms with Crippen molar-refractivity contribution in [3.63, 3.8) is 0 Å². The molecule has 3 N–H and O–H groups in total. The van der Waals surface area contributed by atoms with Gasteiger partial charge in [0.05, 0.1) is 5.75 Å². The van der Waals surface area contributed by atoms with E-state index in [1.54, 1.807) is 24.3 Å². The topological polar surface area (TPSA) is 87.3 Å². The summed E-state index contributed by atoms with van der Waals surface area (Å²) in [5, 5.41) is 6.24. The molecule has 0 radical (unpaired) electrons. The van der Waals surface area contributed by atoms with Crippen LogP contribution in [-0.4, -0.2) is 39.2 Å². The SMILES string of the molecule is CCCS(=O)(=O)Nc1cccc(C(=O)NC2CCNCC2)c1.Cl. The summed E-state index contributed by atoms with van der Waals surface area (Å²) in [7, 11) is -3.34. The third-order valence-electron chi connectivity index (χ3n) is 3.55. The second-order valence-electron chi connectivity index (χ2n) is 5.50. The smallest absolute Gasteiger partial charge is 0.251 e. The molecular formula is C15H24ClN3O3S. The molecule has 0 atom stereocenters. The van der Waals surface area contributed by atoms with Crippen LogP contribution in [0.1, 0.15) is 36.5 Å². The van der Waals surface area contributed by atoms with Crippen molar-refractivity contribution < 1.29 is 13.2 Å². The highest BCUT2D eigenvalue weighted by atomic mass is 35.5. The molecule has 2 rings (SSSR count). The van der Waals surface area contributed by atoms with Gasteiger partial charge in [0, 0.05) is 17.3 Å². The van der Waals surface area contributed by atoms with Crippen molar-refractivity contribution in [2.24, 2.45) is 0 Å². The van der Waals surface area contributed by atoms with Crippen molar-refractivity contribution in [3.8, 4) is 0 Å². The number of amides is 1. The molecule has 0 saturated carbocycles. The first kappa shape index (κ1) is 19.7. The highest BCUT2D eigenvalue weighted by Crippen LogP contribution is 2.14. The van der Waals surface area contributed by atoms with E-state index in [4.69, 9.17) is 0 Å². The monoisotopic (exact) mass is 361 g/mol. The lowest BCUT2D eigenvalue weighted by Gasteiger charge is -2.23. The van der Waals surface area contributed by atoms with Gasteiger partial charge in [-0.25, -0.2) is 8.42 Å². The number of nitrogens with one attached hydrogen (secondary N) is 3. The predicted molar refractivity (Wildman–Crippen MR) is 94.7 cm³/mol. The van der Waals surface area contributed by atoms with Crippen molar-refractivity contribution >= 4 is 34.0 Å². The number of carbonyl (C=O) groups is 1. The Morgan fingerprint density at radius 2 is 2.00 bits per heavy atom. The second kappa shape index (κ2) is 9.10. The largest absolute Gasteiger partial charge is 0.349 e. The molecule has 1 aromatic carbocycles. The first-order chi connectivity index (χ1) is 10.5. The molecule has 6 nitrogen and oxygen atoms in total. The lowest BCUT2D eigenvalue weighted by atomic mass is 10.1. The summed E-state index contributed by atoms with van der Waals surface area (Å²) in [4.78, 5) is 12.2. The third-order valence-corrected chi connectivity index (χ3v) is 5.04. The van der Waals surface area contributed by atoms with Crippen LogP contribution in [-0.2, 0) is 10.0 Å². The third kappa shape index (κ3) is 6.37. The highest BCUT2D eigenvalue weighted by molar-refractivity contribution is 7.92. The lowest BCUT2D eigenvalue weighted by Crippen LogP contribution is -2.42. The standard InChI is InChI=1S/C15H23N3O3S.ClH/c1-2-10-22(20,21)18-14-5-3-4-12(11-14)15(19)17-13-6-8-16-9-7-13;/h3-5,11,13,16,18H,2,6-10H2,1H3,(H,17,19);1H. The van der Waals surface area contributed by atoms with Gasteiger partial charge in [0.1, 0.15) is 0 Å². The summed E-state index contributed by atoms with van der Waals surface area (Å²) >= 11 is 0. The molecule has 23 heavy (non-hydrogen) atoms. The second-order valence-corrected chi connectivity index (χ2v) is 7.34. The number of piperidine rings is 1. The van der Waals surface area contributed by atoms with E-state index in [0.29, 0.717) is 17.7 Å². The lowest BCUT2D eigenvalue weighted by molar-refractivity contribution is 0.0929. The van der Waals surface area contributed by atoms with Crippen LogP contribution < -0.4 is 15.4 Å². The molecule has 1 fully saturated rings. The van der Waals surface area contributed by atoms with E-state index in [-0.39, 0.29) is 30.1 Å². The Balaban J connectivity index is 0.00000264. The van der Waals surface area contributed by atoms with Gasteiger partial charge in [0.2, 0.25) is 10.0 Å². The quantitative estimate of drug-likeness (QED) is 0.720. The number of rotatable bonds is 6. The Bertz CT molecular complexity index is 616. The van der Waals surface area contributed by atoms with Crippen LogP contribution in [0.25, 0.3) is 0 Å². The average molecular weight is 362 g/mol. The minimum Gasteiger partial charge on any atom is -0.349 e. The van der Waals surface area contributed by atoms with Crippen LogP contribution >= 0.6 is 12.4 Å². The summed E-state index contributed by atoms with van der Waals surface area (Å²) in [6.45, 7) is 3.62. The summed E-state index contributed by atoms with van der Waals surface area (Å²) in [6, 6.07) is 6.77. The van der Waals surface area contributed by atoms with E-state index < -0.39 is 10.0 Å². The van der Waals surface area contributed by atoms with Gasteiger partial charge in [0.15, 0.2) is 0 Å². The molecule has 1 amide bonds. The summed E-state index contributed by atoms with van der Waals surface area (Å²) in [5.74, 6) is -0.0955. The number of halogens is 1. The molecule has 0 aromatic heterocycles. The van der Waals surface area contributed by atoms with Gasteiger partial charge in [-0.05, 0) is 50.6 Å². The first-order valence-electron chi connectivity index (χ1n) is 7.62. The maximum Gasteiger partial charge on any atom is 0.251 e. The van der Waals surface area contributed by atoms with E-state index in [1.807, 2.05) is 6.92 Å². The fourth-order valence-electron chi connectivity index (χ4n) is 2.46. The van der Waals surface area contributed by atoms with Gasteiger partial charge in [0.25, 0.3) is 5.91 Å². The number of hydrogen-bond donors (Lipinski definition) is 3. The fraction of sp³-hybridized carbons (Fsp3) is 0.533. The highest BCUT2D eigenvalue weighted by Gasteiger charge is 2.17. The van der Waals surface area contributed by atoms with Crippen LogP contribution in [0.2, 0.25) is 0 Å². The van der Waals surface area contributed by atoms with Gasteiger partial charge in [-0.1, -0.05) is 13.0 Å². The van der Waals surface area contributed by atoms with Gasteiger partial charge >= 0.3 is 0 Å². The summed E-state index contributed by atoms with van der Waals surface area (Å²) in [6.07, 6.45) is 2.37. The zero-order valence-corrected chi connectivity index (χ0v) is 14.8. The van der Waals surface area contributed by atoms with E-state index in [0.717, 1.165) is 25.9 Å². The van der Waals surface area contributed by atoms with Crippen LogP contribution in [0.3, 0.4) is 0 Å².